The zero-order valence-electron chi connectivity index (χ0n) is 5.95. The molecule has 0 aliphatic carbocycles. The summed E-state index contributed by atoms with van der Waals surface area (Å²) in [6.45, 7) is 6.80. The van der Waals surface area contributed by atoms with Gasteiger partial charge in [-0.1, -0.05) is 36.7 Å². The molecule has 1 heteroatoms. The van der Waals surface area contributed by atoms with Crippen molar-refractivity contribution in [2.75, 3.05) is 5.33 Å². The van der Waals surface area contributed by atoms with Gasteiger partial charge in [-0.15, -0.1) is 0 Å². The maximum absolute atomic E-state index is 3.44. The predicted molar refractivity (Wildman–Crippen MR) is 42.4 cm³/mol. The first-order chi connectivity index (χ1) is 3.66. The SMILES string of the molecule is CC(C)C[C@H](C)CBr. The summed E-state index contributed by atoms with van der Waals surface area (Å²) in [6, 6.07) is 0. The molecule has 0 aromatic rings. The Morgan fingerprint density at radius 1 is 1.25 bits per heavy atom. The predicted octanol–water partition coefficient (Wildman–Crippen LogP) is 3.06. The molecular formula is C7H15Br. The number of hydrogen-bond acceptors (Lipinski definition) is 0. The van der Waals surface area contributed by atoms with Crippen LogP contribution in [-0.2, 0) is 0 Å². The monoisotopic (exact) mass is 178 g/mol. The van der Waals surface area contributed by atoms with Crippen molar-refractivity contribution >= 4 is 15.9 Å². The Morgan fingerprint density at radius 2 is 1.75 bits per heavy atom. The van der Waals surface area contributed by atoms with E-state index in [0.29, 0.717) is 0 Å². The fourth-order valence-corrected chi connectivity index (χ4v) is 1.13. The summed E-state index contributed by atoms with van der Waals surface area (Å²) in [7, 11) is 0. The molecule has 0 aromatic heterocycles. The topological polar surface area (TPSA) is 0 Å². The normalized spacial score (nSPS) is 14.6. The van der Waals surface area contributed by atoms with E-state index in [1.807, 2.05) is 0 Å². The first kappa shape index (κ1) is 8.48. The van der Waals surface area contributed by atoms with Crippen molar-refractivity contribution in [2.45, 2.75) is 27.2 Å². The summed E-state index contributed by atoms with van der Waals surface area (Å²) in [5, 5.41) is 1.14. The van der Waals surface area contributed by atoms with Crippen LogP contribution in [0.3, 0.4) is 0 Å². The third-order valence-corrected chi connectivity index (χ3v) is 2.24. The number of hydrogen-bond donors (Lipinski definition) is 0. The van der Waals surface area contributed by atoms with E-state index in [1.165, 1.54) is 6.42 Å². The third kappa shape index (κ3) is 4.63. The molecule has 0 aromatic carbocycles. The van der Waals surface area contributed by atoms with Gasteiger partial charge in [-0.2, -0.15) is 0 Å². The van der Waals surface area contributed by atoms with E-state index in [9.17, 15) is 0 Å². The average molecular weight is 179 g/mol. The molecule has 8 heavy (non-hydrogen) atoms. The Labute approximate surface area is 60.8 Å². The molecule has 0 saturated carbocycles. The van der Waals surface area contributed by atoms with E-state index in [-0.39, 0.29) is 0 Å². The summed E-state index contributed by atoms with van der Waals surface area (Å²) >= 11 is 3.44. The fourth-order valence-electron chi connectivity index (χ4n) is 0.868. The van der Waals surface area contributed by atoms with E-state index in [1.54, 1.807) is 0 Å². The number of alkyl halides is 1. The van der Waals surface area contributed by atoms with Gasteiger partial charge in [-0.25, -0.2) is 0 Å². The molecule has 0 amide bonds. The minimum absolute atomic E-state index is 0.843. The van der Waals surface area contributed by atoms with Gasteiger partial charge in [0, 0.05) is 5.33 Å². The standard InChI is InChI=1S/C7H15Br/c1-6(2)4-7(3)5-8/h6-7H,4-5H2,1-3H3/t7-/m0/s1. The van der Waals surface area contributed by atoms with Gasteiger partial charge in [0.05, 0.1) is 0 Å². The van der Waals surface area contributed by atoms with Gasteiger partial charge in [0.1, 0.15) is 0 Å². The lowest BCUT2D eigenvalue weighted by Crippen LogP contribution is -1.99. The van der Waals surface area contributed by atoms with Gasteiger partial charge in [0.15, 0.2) is 0 Å². The summed E-state index contributed by atoms with van der Waals surface area (Å²) in [4.78, 5) is 0. The van der Waals surface area contributed by atoms with Crippen molar-refractivity contribution in [2.24, 2.45) is 11.8 Å². The van der Waals surface area contributed by atoms with Crippen LogP contribution in [0.1, 0.15) is 27.2 Å². The van der Waals surface area contributed by atoms with Crippen molar-refractivity contribution in [1.29, 1.82) is 0 Å². The Kier molecular flexibility index (Phi) is 4.63. The van der Waals surface area contributed by atoms with Crippen molar-refractivity contribution < 1.29 is 0 Å². The summed E-state index contributed by atoms with van der Waals surface area (Å²) in [6.07, 6.45) is 1.34. The molecule has 0 spiro atoms. The molecule has 0 radical (unpaired) electrons. The second kappa shape index (κ2) is 4.37. The van der Waals surface area contributed by atoms with E-state index >= 15 is 0 Å². The van der Waals surface area contributed by atoms with Crippen molar-refractivity contribution in [3.05, 3.63) is 0 Å². The van der Waals surface area contributed by atoms with Gasteiger partial charge in [0.25, 0.3) is 0 Å². The van der Waals surface area contributed by atoms with Crippen LogP contribution in [0.2, 0.25) is 0 Å². The third-order valence-electron chi connectivity index (χ3n) is 1.14. The van der Waals surface area contributed by atoms with Crippen LogP contribution in [-0.4, -0.2) is 5.33 Å². The van der Waals surface area contributed by atoms with E-state index in [2.05, 4.69) is 36.7 Å². The lowest BCUT2D eigenvalue weighted by atomic mass is 10.0. The minimum atomic E-state index is 0.843. The molecule has 0 heterocycles. The van der Waals surface area contributed by atoms with Crippen LogP contribution >= 0.6 is 15.9 Å². The van der Waals surface area contributed by atoms with Crippen LogP contribution < -0.4 is 0 Å². The second-order valence-corrected chi connectivity index (χ2v) is 3.54. The minimum Gasteiger partial charge on any atom is -0.0925 e. The van der Waals surface area contributed by atoms with Crippen LogP contribution in [0.25, 0.3) is 0 Å². The molecule has 0 aliphatic rings. The smallest absolute Gasteiger partial charge is 0.00571 e. The number of rotatable bonds is 3. The van der Waals surface area contributed by atoms with Crippen molar-refractivity contribution in [3.8, 4) is 0 Å². The highest BCUT2D eigenvalue weighted by molar-refractivity contribution is 9.09. The van der Waals surface area contributed by atoms with Crippen molar-refractivity contribution in [3.63, 3.8) is 0 Å². The average Bonchev–Trinajstić information content (AvgIpc) is 1.65. The largest absolute Gasteiger partial charge is 0.0925 e. The highest BCUT2D eigenvalue weighted by Gasteiger charge is 2.00. The molecule has 1 atom stereocenters. The molecule has 0 rings (SSSR count). The van der Waals surface area contributed by atoms with Crippen molar-refractivity contribution in [1.82, 2.24) is 0 Å². The summed E-state index contributed by atoms with van der Waals surface area (Å²) in [5.41, 5.74) is 0. The van der Waals surface area contributed by atoms with Gasteiger partial charge in [0.2, 0.25) is 0 Å². The summed E-state index contributed by atoms with van der Waals surface area (Å²) < 4.78 is 0. The first-order valence-electron chi connectivity index (χ1n) is 3.22. The van der Waals surface area contributed by atoms with E-state index in [0.717, 1.165) is 17.2 Å². The van der Waals surface area contributed by atoms with Crippen LogP contribution in [0.5, 0.6) is 0 Å². The highest BCUT2D eigenvalue weighted by atomic mass is 79.9. The zero-order valence-corrected chi connectivity index (χ0v) is 7.53. The lowest BCUT2D eigenvalue weighted by Gasteiger charge is -2.08. The maximum Gasteiger partial charge on any atom is 0.00571 e. The maximum atomic E-state index is 3.44. The molecule has 0 saturated heterocycles. The Balaban J connectivity index is 3.10. The fraction of sp³-hybridized carbons (Fsp3) is 1.00. The molecule has 0 unspecified atom stereocenters. The second-order valence-electron chi connectivity index (χ2n) is 2.89. The summed E-state index contributed by atoms with van der Waals surface area (Å²) in [5.74, 6) is 1.69. The first-order valence-corrected chi connectivity index (χ1v) is 4.35. The quantitative estimate of drug-likeness (QED) is 0.584. The van der Waals surface area contributed by atoms with E-state index < -0.39 is 0 Å². The van der Waals surface area contributed by atoms with Gasteiger partial charge < -0.3 is 0 Å². The van der Waals surface area contributed by atoms with Gasteiger partial charge in [-0.3, -0.25) is 0 Å². The van der Waals surface area contributed by atoms with E-state index in [4.69, 9.17) is 0 Å². The number of halogens is 1. The molecule has 0 N–H and O–H groups in total. The van der Waals surface area contributed by atoms with Crippen LogP contribution in [0.15, 0.2) is 0 Å². The molecule has 0 nitrogen and oxygen atoms in total. The molecular weight excluding hydrogens is 164 g/mol. The van der Waals surface area contributed by atoms with Gasteiger partial charge >= 0.3 is 0 Å². The lowest BCUT2D eigenvalue weighted by molar-refractivity contribution is 0.476. The highest BCUT2D eigenvalue weighted by Crippen LogP contribution is 2.12. The molecule has 0 fully saturated rings. The van der Waals surface area contributed by atoms with Gasteiger partial charge in [-0.05, 0) is 18.3 Å². The van der Waals surface area contributed by atoms with Crippen LogP contribution in [0, 0.1) is 11.8 Å². The zero-order chi connectivity index (χ0) is 6.57. The Hall–Kier alpha value is 0.480. The van der Waals surface area contributed by atoms with Crippen LogP contribution in [0.4, 0.5) is 0 Å². The Morgan fingerprint density at radius 3 is 1.88 bits per heavy atom. The Bertz CT molecular complexity index is 50.3. The molecule has 0 bridgehead atoms. The molecule has 0 aliphatic heterocycles. The molecule has 50 valence electrons.